The molecule has 2 aromatic rings. The number of aliphatic hydroxyl groups is 3. The minimum Gasteiger partial charge on any atom is -0.395 e. The van der Waals surface area contributed by atoms with Crippen LogP contribution in [0.3, 0.4) is 0 Å². The first-order valence-corrected chi connectivity index (χ1v) is 14.1. The van der Waals surface area contributed by atoms with Crippen molar-refractivity contribution in [1.29, 1.82) is 0 Å². The van der Waals surface area contributed by atoms with Crippen LogP contribution in [0.5, 0.6) is 0 Å². The fourth-order valence-corrected chi connectivity index (χ4v) is 5.70. The molecular formula is C27H36N4O9S. The molecule has 0 spiro atoms. The van der Waals surface area contributed by atoms with Crippen molar-refractivity contribution >= 4 is 28.6 Å². The van der Waals surface area contributed by atoms with Gasteiger partial charge in [-0.1, -0.05) is 42.1 Å². The summed E-state index contributed by atoms with van der Waals surface area (Å²) in [5.41, 5.74) is 1.69. The third-order valence-electron chi connectivity index (χ3n) is 7.45. The van der Waals surface area contributed by atoms with Gasteiger partial charge in [0.25, 0.3) is 5.91 Å². The molecule has 1 aromatic carbocycles. The second kappa shape index (κ2) is 12.2. The molecule has 1 aliphatic carbocycles. The summed E-state index contributed by atoms with van der Waals surface area (Å²) >= 11 is 0.971. The van der Waals surface area contributed by atoms with E-state index in [1.54, 1.807) is 20.8 Å². The van der Waals surface area contributed by atoms with E-state index >= 15 is 0 Å². The van der Waals surface area contributed by atoms with Crippen LogP contribution in [0.1, 0.15) is 32.4 Å². The van der Waals surface area contributed by atoms with Crippen LogP contribution < -0.4 is 16.7 Å². The number of fused-ring (bicyclic) bond motifs is 1. The molecule has 41 heavy (non-hydrogen) atoms. The van der Waals surface area contributed by atoms with Crippen molar-refractivity contribution in [2.75, 3.05) is 31.3 Å². The number of ether oxygens (including phenoxy) is 3. The van der Waals surface area contributed by atoms with Crippen LogP contribution >= 0.6 is 11.8 Å². The van der Waals surface area contributed by atoms with Crippen molar-refractivity contribution in [1.82, 2.24) is 14.9 Å². The molecular weight excluding hydrogens is 556 g/mol. The van der Waals surface area contributed by atoms with Crippen molar-refractivity contribution in [3.8, 4) is 0 Å². The van der Waals surface area contributed by atoms with Crippen LogP contribution in [0.2, 0.25) is 0 Å². The SMILES string of the molecule is CC(C)(CO)C(=O)SCCOC(OC[C@H]1OC2(C)[C@@H](n3ccc(N)nc3=O)C2(O)C1O)C(=O)NCc1ccccc1. The predicted molar refractivity (Wildman–Crippen MR) is 148 cm³/mol. The Bertz CT molecular complexity index is 1310. The van der Waals surface area contributed by atoms with Gasteiger partial charge in [-0.25, -0.2) is 4.79 Å². The van der Waals surface area contributed by atoms with Gasteiger partial charge in [0.1, 0.15) is 35.3 Å². The smallest absolute Gasteiger partial charge is 0.349 e. The topological polar surface area (TPSA) is 195 Å². The van der Waals surface area contributed by atoms with Gasteiger partial charge in [0.15, 0.2) is 5.12 Å². The van der Waals surface area contributed by atoms with Gasteiger partial charge in [0, 0.05) is 18.5 Å². The van der Waals surface area contributed by atoms with E-state index in [0.29, 0.717) is 0 Å². The molecule has 0 radical (unpaired) electrons. The van der Waals surface area contributed by atoms with Crippen molar-refractivity contribution in [3.63, 3.8) is 0 Å². The number of thioether (sulfide) groups is 1. The third kappa shape index (κ3) is 6.18. The molecule has 1 saturated carbocycles. The highest BCUT2D eigenvalue weighted by Gasteiger charge is 2.85. The van der Waals surface area contributed by atoms with E-state index < -0.39 is 52.8 Å². The summed E-state index contributed by atoms with van der Waals surface area (Å²) in [6.07, 6.45) is -2.52. The van der Waals surface area contributed by atoms with Gasteiger partial charge >= 0.3 is 5.69 Å². The molecule has 1 aromatic heterocycles. The fourth-order valence-electron chi connectivity index (χ4n) is 4.88. The number of benzene rings is 1. The lowest BCUT2D eigenvalue weighted by Gasteiger charge is -2.26. The van der Waals surface area contributed by atoms with E-state index in [9.17, 15) is 29.7 Å². The quantitative estimate of drug-likeness (QED) is 0.149. The van der Waals surface area contributed by atoms with Crippen LogP contribution in [-0.4, -0.2) is 91.2 Å². The third-order valence-corrected chi connectivity index (χ3v) is 8.63. The highest BCUT2D eigenvalue weighted by molar-refractivity contribution is 8.13. The lowest BCUT2D eigenvalue weighted by atomic mass is 9.97. The van der Waals surface area contributed by atoms with E-state index in [4.69, 9.17) is 19.9 Å². The maximum Gasteiger partial charge on any atom is 0.349 e. The number of aromatic nitrogens is 2. The van der Waals surface area contributed by atoms with Crippen molar-refractivity contribution < 1.29 is 39.1 Å². The summed E-state index contributed by atoms with van der Waals surface area (Å²) < 4.78 is 18.5. The molecule has 1 aliphatic heterocycles. The molecule has 4 unspecified atom stereocenters. The summed E-state index contributed by atoms with van der Waals surface area (Å²) in [5.74, 6) is -0.347. The van der Waals surface area contributed by atoms with Crippen LogP contribution in [0.25, 0.3) is 0 Å². The Morgan fingerprint density at radius 2 is 1.98 bits per heavy atom. The maximum absolute atomic E-state index is 13.0. The first-order chi connectivity index (χ1) is 19.3. The number of hydrogen-bond acceptors (Lipinski definition) is 12. The number of nitrogens with two attached hydrogens (primary N) is 1. The van der Waals surface area contributed by atoms with E-state index in [0.717, 1.165) is 21.9 Å². The Kier molecular flexibility index (Phi) is 9.23. The predicted octanol–water partition coefficient (Wildman–Crippen LogP) is -0.416. The first kappa shape index (κ1) is 31.1. The maximum atomic E-state index is 13.0. The number of anilines is 1. The van der Waals surface area contributed by atoms with E-state index in [1.165, 1.54) is 12.3 Å². The average molecular weight is 593 g/mol. The Morgan fingerprint density at radius 3 is 2.59 bits per heavy atom. The molecule has 1 amide bonds. The molecule has 224 valence electrons. The van der Waals surface area contributed by atoms with Gasteiger partial charge in [-0.15, -0.1) is 0 Å². The first-order valence-electron chi connectivity index (χ1n) is 13.1. The second-order valence-electron chi connectivity index (χ2n) is 10.9. The second-order valence-corrected chi connectivity index (χ2v) is 12.0. The number of aliphatic hydroxyl groups excluding tert-OH is 2. The van der Waals surface area contributed by atoms with Crippen LogP contribution in [0.15, 0.2) is 47.4 Å². The molecule has 6 atom stereocenters. The minimum atomic E-state index is -1.80. The van der Waals surface area contributed by atoms with Gasteiger partial charge in [0.05, 0.1) is 25.2 Å². The summed E-state index contributed by atoms with van der Waals surface area (Å²) in [4.78, 5) is 41.2. The lowest BCUT2D eigenvalue weighted by molar-refractivity contribution is -0.186. The zero-order valence-electron chi connectivity index (χ0n) is 23.1. The highest BCUT2D eigenvalue weighted by atomic mass is 32.2. The number of carbonyl (C=O) groups excluding carboxylic acids is 2. The monoisotopic (exact) mass is 592 g/mol. The van der Waals surface area contributed by atoms with Crippen LogP contribution in [-0.2, 0) is 30.3 Å². The number of rotatable bonds is 13. The van der Waals surface area contributed by atoms with Crippen molar-refractivity contribution in [3.05, 3.63) is 58.6 Å². The fraction of sp³-hybridized carbons (Fsp3) is 0.556. The van der Waals surface area contributed by atoms with E-state index in [2.05, 4.69) is 10.3 Å². The Labute approximate surface area is 241 Å². The van der Waals surface area contributed by atoms with Crippen molar-refractivity contribution in [2.45, 2.75) is 63.1 Å². The largest absolute Gasteiger partial charge is 0.395 e. The standard InChI is InChI=1S/C27H36N4O9S/c1-25(2,15-32)23(35)41-12-11-38-21(20(34)29-13-16-7-5-4-6-8-16)39-14-17-19(33)27(37)22(26(27,3)40-17)31-10-9-18(28)30-24(31)36/h4-10,17,19,21-22,32-33,37H,11-15H2,1-3H3,(H,29,34)(H2,28,30,36)/t17-,19?,21?,22-,26?,27?/m1/s1. The van der Waals surface area contributed by atoms with Gasteiger partial charge in [-0.05, 0) is 32.4 Å². The molecule has 0 bridgehead atoms. The molecule has 2 heterocycles. The van der Waals surface area contributed by atoms with Crippen LogP contribution in [0.4, 0.5) is 5.82 Å². The molecule has 6 N–H and O–H groups in total. The molecule has 1 saturated heterocycles. The number of nitrogen functional groups attached to an aromatic ring is 1. The van der Waals surface area contributed by atoms with Gasteiger partial charge in [0.2, 0.25) is 6.29 Å². The van der Waals surface area contributed by atoms with E-state index in [1.807, 2.05) is 30.3 Å². The van der Waals surface area contributed by atoms with Crippen LogP contribution in [0, 0.1) is 5.41 Å². The average Bonchev–Trinajstić information content (AvgIpc) is 3.36. The molecule has 2 aliphatic rings. The van der Waals surface area contributed by atoms with Gasteiger partial charge < -0.3 is 40.6 Å². The summed E-state index contributed by atoms with van der Waals surface area (Å²) in [7, 11) is 0. The molecule has 13 nitrogen and oxygen atoms in total. The number of carbonyl (C=O) groups is 2. The zero-order chi connectivity index (χ0) is 30.0. The van der Waals surface area contributed by atoms with Gasteiger partial charge in [-0.3, -0.25) is 14.2 Å². The number of nitrogens with one attached hydrogen (secondary N) is 1. The molecule has 14 heteroatoms. The normalized spacial score (nSPS) is 27.7. The number of amides is 1. The zero-order valence-corrected chi connectivity index (χ0v) is 23.9. The Hall–Kier alpha value is -2.85. The Morgan fingerprint density at radius 1 is 1.27 bits per heavy atom. The lowest BCUT2D eigenvalue weighted by Crippen LogP contribution is -2.44. The van der Waals surface area contributed by atoms with E-state index in [-0.39, 0.29) is 43.1 Å². The summed E-state index contributed by atoms with van der Waals surface area (Å²) in [6.45, 7) is 4.40. The minimum absolute atomic E-state index is 0.0216. The number of hydrogen-bond donors (Lipinski definition) is 5. The summed E-state index contributed by atoms with van der Waals surface area (Å²) in [6, 6.07) is 9.72. The molecule has 2 fully saturated rings. The van der Waals surface area contributed by atoms with Crippen molar-refractivity contribution in [2.24, 2.45) is 5.41 Å². The Balaban J connectivity index is 1.37. The van der Waals surface area contributed by atoms with Gasteiger partial charge in [-0.2, -0.15) is 4.98 Å². The highest BCUT2D eigenvalue weighted by Crippen LogP contribution is 2.66. The number of nitrogens with zero attached hydrogens (tertiary/aromatic N) is 2. The summed E-state index contributed by atoms with van der Waals surface area (Å²) in [5, 5.41) is 34.1. The molecule has 4 rings (SSSR count).